The van der Waals surface area contributed by atoms with Gasteiger partial charge in [0.05, 0.1) is 6.07 Å². The van der Waals surface area contributed by atoms with Gasteiger partial charge in [0.2, 0.25) is 5.91 Å². The van der Waals surface area contributed by atoms with Crippen molar-refractivity contribution in [1.82, 2.24) is 0 Å². The third kappa shape index (κ3) is 2.60. The molecular weight excluding hydrogens is 200 g/mol. The lowest BCUT2D eigenvalue weighted by Crippen LogP contribution is -2.34. The number of rotatable bonds is 3. The molecule has 0 N–H and O–H groups in total. The first-order chi connectivity index (χ1) is 7.60. The minimum absolute atomic E-state index is 0.143. The summed E-state index contributed by atoms with van der Waals surface area (Å²) in [5, 5.41) is 8.75. The van der Waals surface area contributed by atoms with Gasteiger partial charge in [-0.15, -0.1) is 0 Å². The zero-order valence-electron chi connectivity index (χ0n) is 9.90. The molecule has 1 aromatic rings. The summed E-state index contributed by atoms with van der Waals surface area (Å²) in [7, 11) is 0. The fourth-order valence-corrected chi connectivity index (χ4v) is 1.55. The van der Waals surface area contributed by atoms with Gasteiger partial charge in [-0.2, -0.15) is 5.26 Å². The largest absolute Gasteiger partial charge is 0.312 e. The Hall–Kier alpha value is -1.82. The molecule has 84 valence electrons. The van der Waals surface area contributed by atoms with E-state index in [2.05, 4.69) is 0 Å². The molecule has 1 amide bonds. The summed E-state index contributed by atoms with van der Waals surface area (Å²) in [5.74, 6) is -0.740. The molecule has 0 heterocycles. The third-order valence-electron chi connectivity index (χ3n) is 2.46. The van der Waals surface area contributed by atoms with Crippen LogP contribution in [0.1, 0.15) is 19.4 Å². The molecule has 3 heteroatoms. The molecule has 1 rings (SSSR count). The normalized spacial score (nSPS) is 11.6. The van der Waals surface area contributed by atoms with Gasteiger partial charge >= 0.3 is 0 Å². The molecule has 0 aliphatic carbocycles. The van der Waals surface area contributed by atoms with Crippen molar-refractivity contribution in [3.63, 3.8) is 0 Å². The van der Waals surface area contributed by atoms with E-state index in [1.807, 2.05) is 44.2 Å². The molecule has 1 atom stereocenters. The van der Waals surface area contributed by atoms with Gasteiger partial charge in [0.25, 0.3) is 0 Å². The second-order valence-electron chi connectivity index (χ2n) is 3.77. The van der Waals surface area contributed by atoms with E-state index in [0.717, 1.165) is 11.3 Å². The molecule has 0 saturated carbocycles. The summed E-state index contributed by atoms with van der Waals surface area (Å²) in [6.07, 6.45) is 0. The third-order valence-corrected chi connectivity index (χ3v) is 2.46. The number of hydrogen-bond donors (Lipinski definition) is 0. The Labute approximate surface area is 96.3 Å². The number of hydrogen-bond acceptors (Lipinski definition) is 2. The number of nitriles is 1. The lowest BCUT2D eigenvalue weighted by atomic mass is 10.1. The first-order valence-corrected chi connectivity index (χ1v) is 5.37. The minimum Gasteiger partial charge on any atom is -0.312 e. The Morgan fingerprint density at radius 2 is 2.25 bits per heavy atom. The van der Waals surface area contributed by atoms with E-state index in [-0.39, 0.29) is 5.91 Å². The van der Waals surface area contributed by atoms with Crippen LogP contribution < -0.4 is 4.90 Å². The van der Waals surface area contributed by atoms with Crippen molar-refractivity contribution in [2.75, 3.05) is 11.4 Å². The first kappa shape index (κ1) is 12.3. The van der Waals surface area contributed by atoms with Crippen molar-refractivity contribution in [2.24, 2.45) is 5.92 Å². The summed E-state index contributed by atoms with van der Waals surface area (Å²) in [5.41, 5.74) is 1.96. The van der Waals surface area contributed by atoms with Crippen LogP contribution in [0.4, 0.5) is 5.69 Å². The van der Waals surface area contributed by atoms with Crippen LogP contribution in [0.25, 0.3) is 0 Å². The number of carbonyl (C=O) groups is 1. The maximum absolute atomic E-state index is 11.9. The van der Waals surface area contributed by atoms with Crippen molar-refractivity contribution < 1.29 is 4.79 Å². The minimum atomic E-state index is -0.597. The monoisotopic (exact) mass is 216 g/mol. The predicted molar refractivity (Wildman–Crippen MR) is 64.0 cm³/mol. The quantitative estimate of drug-likeness (QED) is 0.779. The topological polar surface area (TPSA) is 44.1 Å². The molecule has 16 heavy (non-hydrogen) atoms. The molecule has 0 saturated heterocycles. The Kier molecular flexibility index (Phi) is 4.07. The molecule has 0 radical (unpaired) electrons. The van der Waals surface area contributed by atoms with Gasteiger partial charge in [-0.05, 0) is 38.5 Å². The van der Waals surface area contributed by atoms with Crippen molar-refractivity contribution in [1.29, 1.82) is 5.26 Å². The summed E-state index contributed by atoms with van der Waals surface area (Å²) >= 11 is 0. The maximum Gasteiger partial charge on any atom is 0.244 e. The molecular formula is C13H16N2O. The Balaban J connectivity index is 3.00. The van der Waals surface area contributed by atoms with E-state index in [4.69, 9.17) is 5.26 Å². The van der Waals surface area contributed by atoms with Gasteiger partial charge in [0.15, 0.2) is 0 Å². The summed E-state index contributed by atoms with van der Waals surface area (Å²) < 4.78 is 0. The smallest absolute Gasteiger partial charge is 0.244 e. The number of aryl methyl sites for hydroxylation is 1. The molecule has 1 unspecified atom stereocenters. The van der Waals surface area contributed by atoms with Crippen molar-refractivity contribution in [3.8, 4) is 6.07 Å². The fourth-order valence-electron chi connectivity index (χ4n) is 1.55. The van der Waals surface area contributed by atoms with Crippen molar-refractivity contribution >= 4 is 11.6 Å². The maximum atomic E-state index is 11.9. The molecule has 0 aliphatic rings. The molecule has 0 fully saturated rings. The highest BCUT2D eigenvalue weighted by molar-refractivity contribution is 5.96. The van der Waals surface area contributed by atoms with E-state index < -0.39 is 5.92 Å². The highest BCUT2D eigenvalue weighted by Gasteiger charge is 2.19. The summed E-state index contributed by atoms with van der Waals surface area (Å²) in [6.45, 7) is 6.09. The van der Waals surface area contributed by atoms with Crippen LogP contribution in [0.3, 0.4) is 0 Å². The number of carbonyl (C=O) groups excluding carboxylic acids is 1. The van der Waals surface area contributed by atoms with Gasteiger partial charge in [-0.1, -0.05) is 12.1 Å². The van der Waals surface area contributed by atoms with Gasteiger partial charge in [0, 0.05) is 12.2 Å². The zero-order valence-corrected chi connectivity index (χ0v) is 9.90. The average molecular weight is 216 g/mol. The fraction of sp³-hybridized carbons (Fsp3) is 0.385. The van der Waals surface area contributed by atoms with E-state index in [1.54, 1.807) is 11.8 Å². The summed E-state index contributed by atoms with van der Waals surface area (Å²) in [4.78, 5) is 13.6. The molecule has 1 aromatic carbocycles. The lowest BCUT2D eigenvalue weighted by molar-refractivity contribution is -0.120. The highest BCUT2D eigenvalue weighted by Crippen LogP contribution is 2.17. The molecule has 0 bridgehead atoms. The van der Waals surface area contributed by atoms with Crippen LogP contribution in [0.15, 0.2) is 24.3 Å². The van der Waals surface area contributed by atoms with Gasteiger partial charge in [-0.3, -0.25) is 4.79 Å². The zero-order chi connectivity index (χ0) is 12.1. The van der Waals surface area contributed by atoms with Crippen LogP contribution in [0, 0.1) is 24.2 Å². The molecule has 0 spiro atoms. The predicted octanol–water partition coefficient (Wildman–Crippen LogP) is 2.51. The Morgan fingerprint density at radius 3 is 2.75 bits per heavy atom. The van der Waals surface area contributed by atoms with Gasteiger partial charge in [0.1, 0.15) is 5.92 Å². The number of benzene rings is 1. The summed E-state index contributed by atoms with van der Waals surface area (Å²) in [6, 6.07) is 9.71. The highest BCUT2D eigenvalue weighted by atomic mass is 16.2. The molecule has 0 aromatic heterocycles. The van der Waals surface area contributed by atoms with Gasteiger partial charge < -0.3 is 4.90 Å². The number of amides is 1. The van der Waals surface area contributed by atoms with Gasteiger partial charge in [-0.25, -0.2) is 0 Å². The first-order valence-electron chi connectivity index (χ1n) is 5.37. The Morgan fingerprint density at radius 1 is 1.56 bits per heavy atom. The van der Waals surface area contributed by atoms with Crippen molar-refractivity contribution in [3.05, 3.63) is 29.8 Å². The van der Waals surface area contributed by atoms with E-state index in [9.17, 15) is 4.79 Å². The average Bonchev–Trinajstić information content (AvgIpc) is 2.29. The standard InChI is InChI=1S/C13H16N2O/c1-4-15(13(16)11(3)9-14)12-7-5-6-10(2)8-12/h5-8,11H,4H2,1-3H3. The van der Waals surface area contributed by atoms with E-state index in [0.29, 0.717) is 6.54 Å². The molecule has 3 nitrogen and oxygen atoms in total. The Bertz CT molecular complexity index is 420. The van der Waals surface area contributed by atoms with Crippen LogP contribution in [-0.2, 0) is 4.79 Å². The SMILES string of the molecule is CCN(C(=O)C(C)C#N)c1cccc(C)c1. The van der Waals surface area contributed by atoms with E-state index in [1.165, 1.54) is 0 Å². The number of anilines is 1. The molecule has 0 aliphatic heterocycles. The number of nitrogens with zero attached hydrogens (tertiary/aromatic N) is 2. The van der Waals surface area contributed by atoms with Crippen molar-refractivity contribution in [2.45, 2.75) is 20.8 Å². The van der Waals surface area contributed by atoms with Crippen LogP contribution in [0.5, 0.6) is 0 Å². The van der Waals surface area contributed by atoms with Crippen LogP contribution >= 0.6 is 0 Å². The van der Waals surface area contributed by atoms with E-state index >= 15 is 0 Å². The second kappa shape index (κ2) is 5.32. The second-order valence-corrected chi connectivity index (χ2v) is 3.77. The lowest BCUT2D eigenvalue weighted by Gasteiger charge is -2.22. The van der Waals surface area contributed by atoms with Crippen LogP contribution in [0.2, 0.25) is 0 Å². The van der Waals surface area contributed by atoms with Crippen LogP contribution in [-0.4, -0.2) is 12.5 Å².